The number of carbonyl (C=O) groups is 1. The van der Waals surface area contributed by atoms with E-state index in [4.69, 9.17) is 37.8 Å². The molecule has 3 aromatic rings. The van der Waals surface area contributed by atoms with Crippen molar-refractivity contribution >= 4 is 30.8 Å². The van der Waals surface area contributed by atoms with Gasteiger partial charge in [-0.05, 0) is 26.3 Å². The van der Waals surface area contributed by atoms with Gasteiger partial charge < -0.3 is 33.9 Å². The zero-order chi connectivity index (χ0) is 31.4. The van der Waals surface area contributed by atoms with Crippen LogP contribution in [0.4, 0.5) is 5.95 Å². The van der Waals surface area contributed by atoms with Gasteiger partial charge in [-0.2, -0.15) is 9.97 Å². The summed E-state index contributed by atoms with van der Waals surface area (Å²) in [4.78, 5) is 37.9. The van der Waals surface area contributed by atoms with Gasteiger partial charge in [0.1, 0.15) is 30.6 Å². The molecule has 43 heavy (non-hydrogen) atoms. The van der Waals surface area contributed by atoms with E-state index >= 15 is 0 Å². The summed E-state index contributed by atoms with van der Waals surface area (Å²) in [6.45, 7) is 4.75. The Morgan fingerprint density at radius 2 is 2.14 bits per heavy atom. The number of aliphatic hydroxyl groups is 1. The summed E-state index contributed by atoms with van der Waals surface area (Å²) in [6, 6.07) is 0. The molecule has 20 nitrogen and oxygen atoms in total. The van der Waals surface area contributed by atoms with Crippen LogP contribution in [-0.2, 0) is 34.5 Å². The van der Waals surface area contributed by atoms with Gasteiger partial charge in [-0.25, -0.2) is 19.4 Å². The van der Waals surface area contributed by atoms with Crippen molar-refractivity contribution in [3.05, 3.63) is 38.9 Å². The molecule has 1 aliphatic rings. The number of fused-ring (bicyclic) bond motifs is 1. The molecule has 3 aromatic heterocycles. The van der Waals surface area contributed by atoms with E-state index in [1.54, 1.807) is 6.92 Å². The Kier molecular flexibility index (Phi) is 9.71. The molecule has 0 amide bonds. The summed E-state index contributed by atoms with van der Waals surface area (Å²) in [6.07, 6.45) is -2.59. The predicted octanol–water partition coefficient (Wildman–Crippen LogP) is 1.48. The van der Waals surface area contributed by atoms with Crippen molar-refractivity contribution in [1.29, 1.82) is 0 Å². The topological polar surface area (TPSA) is 274 Å². The lowest BCUT2D eigenvalue weighted by molar-refractivity contribution is -0.140. The third kappa shape index (κ3) is 6.97. The summed E-state index contributed by atoms with van der Waals surface area (Å²) in [5.41, 5.74) is 14.0. The van der Waals surface area contributed by atoms with Crippen molar-refractivity contribution in [3.63, 3.8) is 0 Å². The second-order valence-corrected chi connectivity index (χ2v) is 11.1. The number of nitrogens with two attached hydrogens (primary N) is 1. The van der Waals surface area contributed by atoms with Crippen LogP contribution in [0.5, 0.6) is 5.88 Å². The minimum absolute atomic E-state index is 0.0385. The van der Waals surface area contributed by atoms with E-state index in [2.05, 4.69) is 30.1 Å². The lowest BCUT2D eigenvalue weighted by Gasteiger charge is -2.28. The van der Waals surface area contributed by atoms with E-state index in [1.807, 2.05) is 0 Å². The van der Waals surface area contributed by atoms with Crippen molar-refractivity contribution in [1.82, 2.24) is 24.6 Å². The number of carbonyl (C=O) groups excluding carboxylic acids is 1. The fourth-order valence-corrected chi connectivity index (χ4v) is 5.48. The number of anilines is 1. The number of imidazole rings is 1. The zero-order valence-corrected chi connectivity index (χ0v) is 24.4. The predicted molar refractivity (Wildman–Crippen MR) is 143 cm³/mol. The van der Waals surface area contributed by atoms with Crippen molar-refractivity contribution in [3.8, 4) is 5.88 Å². The molecule has 4 rings (SSSR count). The number of ether oxygens (including phenoxy) is 3. The first kappa shape index (κ1) is 31.9. The number of hydrogen-bond acceptors (Lipinski definition) is 16. The fourth-order valence-electron chi connectivity index (χ4n) is 4.23. The normalized spacial score (nSPS) is 23.1. The fraction of sp³-hybridized carbons (Fsp3) is 0.591. The van der Waals surface area contributed by atoms with Crippen molar-refractivity contribution in [2.24, 2.45) is 5.11 Å². The number of nitrogen functional groups attached to an aromatic ring is 1. The van der Waals surface area contributed by atoms with E-state index < -0.39 is 56.7 Å². The number of aromatic nitrogens is 4. The van der Waals surface area contributed by atoms with Crippen LogP contribution < -0.4 is 21.4 Å². The number of nitrogens with one attached hydrogen (secondary N) is 1. The number of hydrogen-bond donors (Lipinski definition) is 3. The van der Waals surface area contributed by atoms with Gasteiger partial charge >= 0.3 is 19.5 Å². The molecule has 1 aliphatic heterocycles. The lowest BCUT2D eigenvalue weighted by atomic mass is 9.93. The van der Waals surface area contributed by atoms with Gasteiger partial charge in [-0.3, -0.25) is 18.4 Å². The smallest absolute Gasteiger partial charge is 0.476 e. The minimum atomic E-state index is -4.24. The van der Waals surface area contributed by atoms with Gasteiger partial charge in [0.15, 0.2) is 23.2 Å². The molecular formula is C22H30N9O11P. The van der Waals surface area contributed by atoms with Crippen LogP contribution in [-0.4, -0.2) is 74.7 Å². The Labute approximate surface area is 242 Å². The number of aliphatic hydroxyl groups excluding tert-OH is 1. The van der Waals surface area contributed by atoms with Gasteiger partial charge in [-0.1, -0.05) is 5.11 Å². The third-order valence-corrected chi connectivity index (χ3v) is 7.85. The Balaban J connectivity index is 1.58. The van der Waals surface area contributed by atoms with Crippen LogP contribution >= 0.6 is 7.75 Å². The Bertz CT molecular complexity index is 1620. The molecule has 5 atom stereocenters. The molecule has 0 spiro atoms. The molecule has 0 saturated carbocycles. The van der Waals surface area contributed by atoms with E-state index in [0.717, 1.165) is 0 Å². The highest BCUT2D eigenvalue weighted by Gasteiger charge is 2.55. The Morgan fingerprint density at radius 1 is 1.37 bits per heavy atom. The minimum Gasteiger partial charge on any atom is -0.476 e. The van der Waals surface area contributed by atoms with E-state index in [1.165, 1.54) is 31.7 Å². The van der Waals surface area contributed by atoms with Crippen molar-refractivity contribution in [2.45, 2.75) is 58.3 Å². The van der Waals surface area contributed by atoms with Crippen molar-refractivity contribution in [2.75, 3.05) is 32.1 Å². The summed E-state index contributed by atoms with van der Waals surface area (Å²) >= 11 is 0. The SMILES string of the molecule is CCOc1nc(N)nc2c1ncn2[C@@H]1O[C@H](COP(=O)(NCCOC(C)=O)OCc2oc(=O)oc2C)[C@@H](O)[C@@]1(C)N=[N+]=[N-]. The van der Waals surface area contributed by atoms with Crippen LogP contribution in [0.25, 0.3) is 21.6 Å². The molecule has 1 fully saturated rings. The molecular weight excluding hydrogens is 597 g/mol. The summed E-state index contributed by atoms with van der Waals surface area (Å²) < 4.78 is 52.0. The second-order valence-electron chi connectivity index (χ2n) is 9.28. The summed E-state index contributed by atoms with van der Waals surface area (Å²) in [7, 11) is -4.24. The summed E-state index contributed by atoms with van der Waals surface area (Å²) in [5.74, 6) is -1.48. The first-order valence-electron chi connectivity index (χ1n) is 12.8. The van der Waals surface area contributed by atoms with Crippen LogP contribution in [0.1, 0.15) is 38.5 Å². The quantitative estimate of drug-likeness (QED) is 0.0570. The Morgan fingerprint density at radius 3 is 2.79 bits per heavy atom. The standard InChI is InChI=1S/C22H30N9O11P/c1-5-36-18-15-17(27-20(23)28-18)31(10-25-15)19-22(4,29-30-24)16(33)14(41-19)9-39-43(35,26-6-7-37-12(3)32)38-8-13-11(2)40-21(34)42-13/h10,14,16,19,33H,5-9H2,1-4H3,(H,26,35)(H2,23,27,28)/t14-,16-,19-,22-,43?/m1/s1. The molecule has 4 heterocycles. The zero-order valence-electron chi connectivity index (χ0n) is 23.5. The van der Waals surface area contributed by atoms with Crippen LogP contribution in [0.3, 0.4) is 0 Å². The van der Waals surface area contributed by atoms with Crippen molar-refractivity contribution < 1.29 is 46.6 Å². The Hall–Kier alpha value is -4.03. The number of esters is 1. The summed E-state index contributed by atoms with van der Waals surface area (Å²) in [5, 5.41) is 17.6. The van der Waals surface area contributed by atoms with Gasteiger partial charge in [0.2, 0.25) is 11.8 Å². The van der Waals surface area contributed by atoms with Gasteiger partial charge in [0.05, 0.1) is 25.6 Å². The van der Waals surface area contributed by atoms with E-state index in [9.17, 15) is 24.8 Å². The highest BCUT2D eigenvalue weighted by molar-refractivity contribution is 7.51. The molecule has 21 heteroatoms. The molecule has 1 saturated heterocycles. The number of azide groups is 1. The highest BCUT2D eigenvalue weighted by Crippen LogP contribution is 2.48. The van der Waals surface area contributed by atoms with Gasteiger partial charge in [0, 0.05) is 18.4 Å². The molecule has 0 bridgehead atoms. The van der Waals surface area contributed by atoms with Gasteiger partial charge in [0.25, 0.3) is 0 Å². The molecule has 0 aromatic carbocycles. The average Bonchev–Trinajstić information content (AvgIpc) is 3.58. The van der Waals surface area contributed by atoms with E-state index in [0.29, 0.717) is 0 Å². The highest BCUT2D eigenvalue weighted by atomic mass is 31.2. The van der Waals surface area contributed by atoms with E-state index in [-0.39, 0.29) is 54.3 Å². The maximum atomic E-state index is 13.6. The number of nitrogens with zero attached hydrogens (tertiary/aromatic N) is 7. The molecule has 4 N–H and O–H groups in total. The maximum Gasteiger partial charge on any atom is 0.519 e. The molecule has 0 aliphatic carbocycles. The first-order valence-corrected chi connectivity index (χ1v) is 14.3. The van der Waals surface area contributed by atoms with Gasteiger partial charge in [-0.15, -0.1) is 0 Å². The third-order valence-electron chi connectivity index (χ3n) is 6.28. The molecule has 234 valence electrons. The van der Waals surface area contributed by atoms with Crippen LogP contribution in [0.15, 0.2) is 25.1 Å². The molecule has 0 radical (unpaired) electrons. The second kappa shape index (κ2) is 13.1. The van der Waals surface area contributed by atoms with Crippen LogP contribution in [0, 0.1) is 6.92 Å². The average molecular weight is 628 g/mol. The number of rotatable bonds is 14. The lowest BCUT2D eigenvalue weighted by Crippen LogP contribution is -2.42. The monoisotopic (exact) mass is 627 g/mol. The number of aryl methyl sites for hydroxylation is 1. The maximum absolute atomic E-state index is 13.6. The van der Waals surface area contributed by atoms with Crippen LogP contribution in [0.2, 0.25) is 0 Å². The molecule has 1 unspecified atom stereocenters. The largest absolute Gasteiger partial charge is 0.519 e. The first-order chi connectivity index (χ1) is 20.4.